The van der Waals surface area contributed by atoms with E-state index in [1.165, 1.54) is 12.8 Å². The van der Waals surface area contributed by atoms with Crippen LogP contribution in [-0.4, -0.2) is 12.6 Å². The smallest absolute Gasteiger partial charge is 0.311 e. The molecule has 1 aliphatic rings. The van der Waals surface area contributed by atoms with E-state index in [-0.39, 0.29) is 11.4 Å². The van der Waals surface area contributed by atoms with Crippen molar-refractivity contribution in [1.82, 2.24) is 0 Å². The van der Waals surface area contributed by atoms with Gasteiger partial charge in [-0.15, -0.1) is 0 Å². The zero-order valence-corrected chi connectivity index (χ0v) is 8.44. The minimum absolute atomic E-state index is 0.0874. The molecule has 0 radical (unpaired) electrons. The summed E-state index contributed by atoms with van der Waals surface area (Å²) >= 11 is 0. The first-order chi connectivity index (χ1) is 5.33. The molecule has 0 aromatic heterocycles. The van der Waals surface area contributed by atoms with Crippen molar-refractivity contribution in [3.05, 3.63) is 0 Å². The average Bonchev–Trinajstić information content (AvgIpc) is 2.62. The average molecular weight is 170 g/mol. The minimum atomic E-state index is -0.356. The van der Waals surface area contributed by atoms with Crippen LogP contribution in [0.1, 0.15) is 40.5 Å². The molecule has 1 rings (SSSR count). The van der Waals surface area contributed by atoms with E-state index in [1.54, 1.807) is 0 Å². The van der Waals surface area contributed by atoms with Crippen molar-refractivity contribution in [3.8, 4) is 0 Å². The van der Waals surface area contributed by atoms with Crippen LogP contribution >= 0.6 is 0 Å². The molecule has 70 valence electrons. The Labute approximate surface area is 74.3 Å². The van der Waals surface area contributed by atoms with Crippen molar-refractivity contribution in [2.45, 2.75) is 40.5 Å². The summed E-state index contributed by atoms with van der Waals surface area (Å²) in [4.78, 5) is 11.3. The lowest BCUT2D eigenvalue weighted by molar-refractivity contribution is -0.154. The van der Waals surface area contributed by atoms with Crippen molar-refractivity contribution in [2.75, 3.05) is 6.61 Å². The molecule has 12 heavy (non-hydrogen) atoms. The van der Waals surface area contributed by atoms with E-state index in [9.17, 15) is 4.79 Å². The molecule has 1 fully saturated rings. The van der Waals surface area contributed by atoms with E-state index in [2.05, 4.69) is 6.92 Å². The first kappa shape index (κ1) is 9.56. The van der Waals surface area contributed by atoms with Crippen molar-refractivity contribution < 1.29 is 9.53 Å². The Morgan fingerprint density at radius 3 is 2.25 bits per heavy atom. The van der Waals surface area contributed by atoms with Gasteiger partial charge in [0.15, 0.2) is 0 Å². The highest BCUT2D eigenvalue weighted by Gasteiger charge is 2.39. The van der Waals surface area contributed by atoms with Crippen LogP contribution in [0.5, 0.6) is 0 Å². The molecule has 0 bridgehead atoms. The number of ether oxygens (including phenoxy) is 1. The van der Waals surface area contributed by atoms with E-state index in [0.717, 1.165) is 0 Å². The highest BCUT2D eigenvalue weighted by molar-refractivity contribution is 5.75. The Morgan fingerprint density at radius 2 is 1.92 bits per heavy atom. The summed E-state index contributed by atoms with van der Waals surface area (Å²) < 4.78 is 5.19. The van der Waals surface area contributed by atoms with Crippen LogP contribution < -0.4 is 0 Å². The standard InChI is InChI=1S/C10H18O2/c1-9(2,3)8(11)12-7-10(4)5-6-10/h5-7H2,1-4H3. The summed E-state index contributed by atoms with van der Waals surface area (Å²) in [6, 6.07) is 0. The van der Waals surface area contributed by atoms with Crippen LogP contribution in [0.4, 0.5) is 0 Å². The lowest BCUT2D eigenvalue weighted by atomic mass is 9.97. The highest BCUT2D eigenvalue weighted by atomic mass is 16.5. The normalized spacial score (nSPS) is 20.3. The second kappa shape index (κ2) is 2.75. The predicted molar refractivity (Wildman–Crippen MR) is 47.8 cm³/mol. The molecule has 0 aromatic rings. The van der Waals surface area contributed by atoms with Gasteiger partial charge in [-0.2, -0.15) is 0 Å². The molecule has 0 saturated heterocycles. The number of hydrogen-bond acceptors (Lipinski definition) is 2. The van der Waals surface area contributed by atoms with E-state index in [4.69, 9.17) is 4.74 Å². The van der Waals surface area contributed by atoms with Crippen LogP contribution in [0.25, 0.3) is 0 Å². The van der Waals surface area contributed by atoms with E-state index in [0.29, 0.717) is 12.0 Å². The molecule has 2 heteroatoms. The lowest BCUT2D eigenvalue weighted by Crippen LogP contribution is -2.25. The van der Waals surface area contributed by atoms with E-state index >= 15 is 0 Å². The van der Waals surface area contributed by atoms with Gasteiger partial charge in [-0.25, -0.2) is 0 Å². The molecule has 2 nitrogen and oxygen atoms in total. The molecule has 0 N–H and O–H groups in total. The van der Waals surface area contributed by atoms with Gasteiger partial charge in [0.2, 0.25) is 0 Å². The van der Waals surface area contributed by atoms with Gasteiger partial charge in [-0.05, 0) is 33.6 Å². The van der Waals surface area contributed by atoms with Crippen molar-refractivity contribution in [2.24, 2.45) is 10.8 Å². The zero-order chi connectivity index (χ0) is 9.41. The van der Waals surface area contributed by atoms with Gasteiger partial charge in [-0.1, -0.05) is 6.92 Å². The fourth-order valence-corrected chi connectivity index (χ4v) is 0.814. The Morgan fingerprint density at radius 1 is 1.42 bits per heavy atom. The van der Waals surface area contributed by atoms with Crippen molar-refractivity contribution in [1.29, 1.82) is 0 Å². The Hall–Kier alpha value is -0.530. The molecule has 0 heterocycles. The molecular weight excluding hydrogens is 152 g/mol. The van der Waals surface area contributed by atoms with Crippen LogP contribution in [0.15, 0.2) is 0 Å². The predicted octanol–water partition coefficient (Wildman–Crippen LogP) is 2.38. The van der Waals surface area contributed by atoms with Gasteiger partial charge in [-0.3, -0.25) is 4.79 Å². The molecule has 0 atom stereocenters. The number of rotatable bonds is 2. The topological polar surface area (TPSA) is 26.3 Å². The molecule has 0 unspecified atom stereocenters. The molecule has 1 saturated carbocycles. The largest absolute Gasteiger partial charge is 0.465 e. The second-order valence-corrected chi connectivity index (χ2v) is 5.14. The van der Waals surface area contributed by atoms with Crippen LogP contribution in [0.2, 0.25) is 0 Å². The zero-order valence-electron chi connectivity index (χ0n) is 8.44. The summed E-state index contributed by atoms with van der Waals surface area (Å²) in [7, 11) is 0. The number of esters is 1. The van der Waals surface area contributed by atoms with Crippen LogP contribution in [0, 0.1) is 10.8 Å². The van der Waals surface area contributed by atoms with Crippen molar-refractivity contribution in [3.63, 3.8) is 0 Å². The number of carbonyl (C=O) groups excluding carboxylic acids is 1. The molecule has 0 amide bonds. The maximum Gasteiger partial charge on any atom is 0.311 e. The molecular formula is C10H18O2. The fraction of sp³-hybridized carbons (Fsp3) is 0.900. The molecule has 0 aromatic carbocycles. The van der Waals surface area contributed by atoms with Crippen molar-refractivity contribution >= 4 is 5.97 Å². The van der Waals surface area contributed by atoms with Gasteiger partial charge < -0.3 is 4.74 Å². The summed E-state index contributed by atoms with van der Waals surface area (Å²) in [6.07, 6.45) is 2.40. The second-order valence-electron chi connectivity index (χ2n) is 5.14. The SMILES string of the molecule is CC1(COC(=O)C(C)(C)C)CC1. The van der Waals surface area contributed by atoms with E-state index in [1.807, 2.05) is 20.8 Å². The quantitative estimate of drug-likeness (QED) is 0.595. The fourth-order valence-electron chi connectivity index (χ4n) is 0.814. The third-order valence-corrected chi connectivity index (χ3v) is 2.27. The maximum absolute atomic E-state index is 11.3. The van der Waals surface area contributed by atoms with Gasteiger partial charge in [0, 0.05) is 5.41 Å². The van der Waals surface area contributed by atoms with E-state index < -0.39 is 0 Å². The monoisotopic (exact) mass is 170 g/mol. The van der Waals surface area contributed by atoms with Gasteiger partial charge >= 0.3 is 5.97 Å². The summed E-state index contributed by atoms with van der Waals surface area (Å²) in [5.41, 5.74) is -0.0494. The third kappa shape index (κ3) is 2.50. The molecule has 0 spiro atoms. The Bertz CT molecular complexity index is 185. The maximum atomic E-state index is 11.3. The summed E-state index contributed by atoms with van der Waals surface area (Å²) in [5.74, 6) is -0.0874. The minimum Gasteiger partial charge on any atom is -0.465 e. The number of carbonyl (C=O) groups is 1. The van der Waals surface area contributed by atoms with Gasteiger partial charge in [0.05, 0.1) is 12.0 Å². The summed E-state index contributed by atoms with van der Waals surface area (Å²) in [5, 5.41) is 0. The molecule has 0 aliphatic heterocycles. The highest BCUT2D eigenvalue weighted by Crippen LogP contribution is 2.45. The third-order valence-electron chi connectivity index (χ3n) is 2.27. The van der Waals surface area contributed by atoms with Gasteiger partial charge in [0.25, 0.3) is 0 Å². The Kier molecular flexibility index (Phi) is 2.19. The number of hydrogen-bond donors (Lipinski definition) is 0. The Balaban J connectivity index is 2.28. The summed E-state index contributed by atoms with van der Waals surface area (Å²) in [6.45, 7) is 8.39. The molecule has 1 aliphatic carbocycles. The first-order valence-electron chi connectivity index (χ1n) is 4.51. The lowest BCUT2D eigenvalue weighted by Gasteiger charge is -2.18. The first-order valence-corrected chi connectivity index (χ1v) is 4.51. The van der Waals surface area contributed by atoms with Crippen LogP contribution in [-0.2, 0) is 9.53 Å². The van der Waals surface area contributed by atoms with Crippen LogP contribution in [0.3, 0.4) is 0 Å². The van der Waals surface area contributed by atoms with Gasteiger partial charge in [0.1, 0.15) is 0 Å².